The van der Waals surface area contributed by atoms with Crippen molar-refractivity contribution in [1.82, 2.24) is 10.2 Å². The molecule has 0 radical (unpaired) electrons. The van der Waals surface area contributed by atoms with E-state index in [1.54, 1.807) is 0 Å². The molecule has 15 heavy (non-hydrogen) atoms. The Morgan fingerprint density at radius 3 is 2.20 bits per heavy atom. The third-order valence-corrected chi connectivity index (χ3v) is 3.05. The predicted octanol–water partition coefficient (Wildman–Crippen LogP) is 2.74. The molecule has 0 fully saturated rings. The van der Waals surface area contributed by atoms with Crippen molar-refractivity contribution < 1.29 is 0 Å². The molecule has 0 spiro atoms. The van der Waals surface area contributed by atoms with Crippen molar-refractivity contribution in [3.05, 3.63) is 0 Å². The summed E-state index contributed by atoms with van der Waals surface area (Å²) in [5.74, 6) is 0. The second-order valence-corrected chi connectivity index (χ2v) is 4.96. The average Bonchev–Trinajstić information content (AvgIpc) is 2.17. The smallest absolute Gasteiger partial charge is 0.00474 e. The standard InChI is InChI=1S/C13H30N2/c1-6-9-13(4,11-14-5)12-15(8-3)10-7-2/h14H,6-12H2,1-5H3. The van der Waals surface area contributed by atoms with Crippen molar-refractivity contribution in [3.8, 4) is 0 Å². The van der Waals surface area contributed by atoms with E-state index in [0.29, 0.717) is 5.41 Å². The van der Waals surface area contributed by atoms with Crippen molar-refractivity contribution in [2.24, 2.45) is 5.41 Å². The van der Waals surface area contributed by atoms with E-state index in [9.17, 15) is 0 Å². The normalized spacial score (nSPS) is 15.6. The van der Waals surface area contributed by atoms with Gasteiger partial charge in [-0.25, -0.2) is 0 Å². The van der Waals surface area contributed by atoms with Gasteiger partial charge in [0.15, 0.2) is 0 Å². The Morgan fingerprint density at radius 2 is 1.80 bits per heavy atom. The summed E-state index contributed by atoms with van der Waals surface area (Å²) >= 11 is 0. The Balaban J connectivity index is 4.22. The van der Waals surface area contributed by atoms with E-state index in [2.05, 4.69) is 45.0 Å². The highest BCUT2D eigenvalue weighted by atomic mass is 15.1. The minimum atomic E-state index is 0.439. The van der Waals surface area contributed by atoms with Crippen molar-refractivity contribution in [3.63, 3.8) is 0 Å². The first-order valence-corrected chi connectivity index (χ1v) is 6.48. The largest absolute Gasteiger partial charge is 0.319 e. The first-order valence-electron chi connectivity index (χ1n) is 6.48. The number of hydrogen-bond donors (Lipinski definition) is 1. The fraction of sp³-hybridized carbons (Fsp3) is 1.00. The van der Waals surface area contributed by atoms with E-state index < -0.39 is 0 Å². The first-order chi connectivity index (χ1) is 7.11. The summed E-state index contributed by atoms with van der Waals surface area (Å²) in [6.07, 6.45) is 3.85. The highest BCUT2D eigenvalue weighted by Crippen LogP contribution is 2.23. The Kier molecular flexibility index (Phi) is 8.07. The van der Waals surface area contributed by atoms with Crippen LogP contribution in [-0.2, 0) is 0 Å². The molecular weight excluding hydrogens is 184 g/mol. The van der Waals surface area contributed by atoms with Crippen molar-refractivity contribution >= 4 is 0 Å². The summed E-state index contributed by atoms with van der Waals surface area (Å²) in [4.78, 5) is 2.58. The van der Waals surface area contributed by atoms with Crippen LogP contribution in [0, 0.1) is 5.41 Å². The maximum Gasteiger partial charge on any atom is 0.00474 e. The summed E-state index contributed by atoms with van der Waals surface area (Å²) in [6.45, 7) is 14.0. The van der Waals surface area contributed by atoms with Gasteiger partial charge in [0.1, 0.15) is 0 Å². The number of nitrogens with zero attached hydrogens (tertiary/aromatic N) is 1. The zero-order valence-electron chi connectivity index (χ0n) is 11.4. The lowest BCUT2D eigenvalue weighted by molar-refractivity contribution is 0.157. The fourth-order valence-corrected chi connectivity index (χ4v) is 2.46. The maximum absolute atomic E-state index is 3.34. The lowest BCUT2D eigenvalue weighted by Crippen LogP contribution is -2.41. The predicted molar refractivity (Wildman–Crippen MR) is 69.3 cm³/mol. The van der Waals surface area contributed by atoms with Gasteiger partial charge in [0, 0.05) is 13.1 Å². The van der Waals surface area contributed by atoms with Crippen LogP contribution in [0.15, 0.2) is 0 Å². The number of nitrogens with one attached hydrogen (secondary N) is 1. The van der Waals surface area contributed by atoms with E-state index in [1.165, 1.54) is 38.9 Å². The molecule has 92 valence electrons. The topological polar surface area (TPSA) is 15.3 Å². The molecule has 0 aliphatic rings. The second kappa shape index (κ2) is 8.12. The Labute approximate surface area is 96.4 Å². The molecule has 0 aromatic rings. The van der Waals surface area contributed by atoms with Crippen LogP contribution in [-0.4, -0.2) is 38.1 Å². The van der Waals surface area contributed by atoms with Gasteiger partial charge in [-0.2, -0.15) is 0 Å². The molecule has 0 aliphatic heterocycles. The van der Waals surface area contributed by atoms with Gasteiger partial charge in [0.05, 0.1) is 0 Å². The van der Waals surface area contributed by atoms with Gasteiger partial charge < -0.3 is 10.2 Å². The summed E-state index contributed by atoms with van der Waals surface area (Å²) in [7, 11) is 2.06. The zero-order chi connectivity index (χ0) is 11.7. The molecule has 2 nitrogen and oxygen atoms in total. The highest BCUT2D eigenvalue weighted by molar-refractivity contribution is 4.79. The van der Waals surface area contributed by atoms with Crippen LogP contribution in [0.4, 0.5) is 0 Å². The molecule has 0 bridgehead atoms. The van der Waals surface area contributed by atoms with Crippen LogP contribution < -0.4 is 5.32 Å². The molecule has 0 saturated carbocycles. The van der Waals surface area contributed by atoms with Crippen LogP contribution in [0.25, 0.3) is 0 Å². The summed E-state index contributed by atoms with van der Waals surface area (Å²) in [5.41, 5.74) is 0.439. The maximum atomic E-state index is 3.34. The van der Waals surface area contributed by atoms with E-state index in [0.717, 1.165) is 6.54 Å². The second-order valence-electron chi connectivity index (χ2n) is 4.96. The van der Waals surface area contributed by atoms with Crippen molar-refractivity contribution in [2.45, 2.75) is 47.0 Å². The third-order valence-electron chi connectivity index (χ3n) is 3.05. The van der Waals surface area contributed by atoms with Gasteiger partial charge in [-0.15, -0.1) is 0 Å². The fourth-order valence-electron chi connectivity index (χ4n) is 2.46. The zero-order valence-corrected chi connectivity index (χ0v) is 11.4. The van der Waals surface area contributed by atoms with Crippen LogP contribution in [0.5, 0.6) is 0 Å². The molecule has 0 rings (SSSR count). The molecule has 1 unspecified atom stereocenters. The number of rotatable bonds is 9. The summed E-state index contributed by atoms with van der Waals surface area (Å²) in [6, 6.07) is 0. The summed E-state index contributed by atoms with van der Waals surface area (Å²) in [5, 5.41) is 3.34. The average molecular weight is 214 g/mol. The van der Waals surface area contributed by atoms with Crippen LogP contribution in [0.1, 0.15) is 47.0 Å². The molecule has 0 aromatic carbocycles. The minimum absolute atomic E-state index is 0.439. The molecule has 0 aliphatic carbocycles. The molecule has 1 N–H and O–H groups in total. The molecule has 0 amide bonds. The monoisotopic (exact) mass is 214 g/mol. The van der Waals surface area contributed by atoms with Gasteiger partial charge in [-0.3, -0.25) is 0 Å². The first kappa shape index (κ1) is 14.9. The Bertz CT molecular complexity index is 139. The van der Waals surface area contributed by atoms with E-state index >= 15 is 0 Å². The molecule has 0 saturated heterocycles. The minimum Gasteiger partial charge on any atom is -0.319 e. The SMILES string of the molecule is CCCN(CC)CC(C)(CCC)CNC. The molecular formula is C13H30N2. The lowest BCUT2D eigenvalue weighted by atomic mass is 9.84. The molecule has 1 atom stereocenters. The van der Waals surface area contributed by atoms with Gasteiger partial charge in [0.2, 0.25) is 0 Å². The Hall–Kier alpha value is -0.0800. The van der Waals surface area contributed by atoms with E-state index in [-0.39, 0.29) is 0 Å². The molecule has 0 heterocycles. The molecule has 2 heteroatoms. The van der Waals surface area contributed by atoms with Gasteiger partial charge >= 0.3 is 0 Å². The Morgan fingerprint density at radius 1 is 1.13 bits per heavy atom. The van der Waals surface area contributed by atoms with Crippen LogP contribution >= 0.6 is 0 Å². The number of hydrogen-bond acceptors (Lipinski definition) is 2. The molecule has 0 aromatic heterocycles. The van der Waals surface area contributed by atoms with E-state index in [1.807, 2.05) is 0 Å². The lowest BCUT2D eigenvalue weighted by Gasteiger charge is -2.35. The third kappa shape index (κ3) is 6.16. The summed E-state index contributed by atoms with van der Waals surface area (Å²) < 4.78 is 0. The van der Waals surface area contributed by atoms with Crippen molar-refractivity contribution in [1.29, 1.82) is 0 Å². The van der Waals surface area contributed by atoms with Crippen molar-refractivity contribution in [2.75, 3.05) is 33.2 Å². The van der Waals surface area contributed by atoms with Crippen LogP contribution in [0.3, 0.4) is 0 Å². The van der Waals surface area contributed by atoms with Gasteiger partial charge in [0.25, 0.3) is 0 Å². The van der Waals surface area contributed by atoms with Crippen LogP contribution in [0.2, 0.25) is 0 Å². The van der Waals surface area contributed by atoms with Gasteiger partial charge in [-0.05, 0) is 38.4 Å². The quantitative estimate of drug-likeness (QED) is 0.635. The van der Waals surface area contributed by atoms with Gasteiger partial charge in [-0.1, -0.05) is 34.1 Å². The van der Waals surface area contributed by atoms with E-state index in [4.69, 9.17) is 0 Å². The highest BCUT2D eigenvalue weighted by Gasteiger charge is 2.24.